The highest BCUT2D eigenvalue weighted by Gasteiger charge is 2.10. The van der Waals surface area contributed by atoms with Crippen LogP contribution in [0.5, 0.6) is 0 Å². The molecule has 0 aliphatic carbocycles. The van der Waals surface area contributed by atoms with Gasteiger partial charge in [-0.15, -0.1) is 0 Å². The van der Waals surface area contributed by atoms with E-state index in [-0.39, 0.29) is 6.04 Å². The summed E-state index contributed by atoms with van der Waals surface area (Å²) in [7, 11) is 0. The zero-order valence-corrected chi connectivity index (χ0v) is 9.41. The average Bonchev–Trinajstić information content (AvgIpc) is 2.64. The summed E-state index contributed by atoms with van der Waals surface area (Å²) < 4.78 is 1.96. The van der Waals surface area contributed by atoms with Crippen LogP contribution in [0.15, 0.2) is 24.4 Å². The number of hydrogen-bond donors (Lipinski definition) is 1. The Labute approximate surface area is 93.8 Å². The predicted molar refractivity (Wildman–Crippen MR) is 63.1 cm³/mol. The normalized spacial score (nSPS) is 13.3. The highest BCUT2D eigenvalue weighted by molar-refractivity contribution is 6.31. The van der Waals surface area contributed by atoms with Crippen LogP contribution in [0.3, 0.4) is 0 Å². The third-order valence-electron chi connectivity index (χ3n) is 2.65. The number of nitrogens with zero attached hydrogens (tertiary/aromatic N) is 2. The molecule has 0 aliphatic rings. The Kier molecular flexibility index (Phi) is 2.93. The fraction of sp³-hybridized carbons (Fsp3) is 0.364. The molecule has 1 atom stereocenters. The summed E-state index contributed by atoms with van der Waals surface area (Å²) in [5.41, 5.74) is 6.77. The zero-order chi connectivity index (χ0) is 10.8. The maximum atomic E-state index is 5.97. The molecule has 0 spiro atoms. The maximum Gasteiger partial charge on any atom is 0.0701 e. The van der Waals surface area contributed by atoms with Gasteiger partial charge in [-0.1, -0.05) is 18.5 Å². The minimum absolute atomic E-state index is 0.251. The summed E-state index contributed by atoms with van der Waals surface area (Å²) in [6, 6.07) is 6.03. The quantitative estimate of drug-likeness (QED) is 0.869. The van der Waals surface area contributed by atoms with Crippen molar-refractivity contribution in [3.8, 4) is 0 Å². The highest BCUT2D eigenvalue weighted by atomic mass is 35.5. The first-order chi connectivity index (χ1) is 7.26. The van der Waals surface area contributed by atoms with E-state index in [4.69, 9.17) is 17.3 Å². The molecule has 1 aromatic carbocycles. The van der Waals surface area contributed by atoms with Crippen LogP contribution in [0.25, 0.3) is 10.9 Å². The SMILES string of the molecule is CCC(CN)n1ncc2ccc(Cl)cc21. The molecular formula is C11H14ClN3. The van der Waals surface area contributed by atoms with E-state index in [1.165, 1.54) is 0 Å². The van der Waals surface area contributed by atoms with Gasteiger partial charge in [-0.25, -0.2) is 0 Å². The molecule has 1 heterocycles. The van der Waals surface area contributed by atoms with Crippen LogP contribution in [-0.4, -0.2) is 16.3 Å². The topological polar surface area (TPSA) is 43.8 Å². The van der Waals surface area contributed by atoms with Gasteiger partial charge in [0, 0.05) is 17.0 Å². The van der Waals surface area contributed by atoms with Crippen molar-refractivity contribution in [2.75, 3.05) is 6.54 Å². The van der Waals surface area contributed by atoms with E-state index >= 15 is 0 Å². The Morgan fingerprint density at radius 3 is 3.00 bits per heavy atom. The van der Waals surface area contributed by atoms with Crippen LogP contribution in [0.4, 0.5) is 0 Å². The Morgan fingerprint density at radius 1 is 1.53 bits per heavy atom. The lowest BCUT2D eigenvalue weighted by Crippen LogP contribution is -2.19. The first-order valence-electron chi connectivity index (χ1n) is 5.09. The van der Waals surface area contributed by atoms with Gasteiger partial charge in [0.1, 0.15) is 0 Å². The summed E-state index contributed by atoms with van der Waals surface area (Å²) >= 11 is 5.97. The molecule has 4 heteroatoms. The molecule has 1 unspecified atom stereocenters. The van der Waals surface area contributed by atoms with Gasteiger partial charge in [0.25, 0.3) is 0 Å². The van der Waals surface area contributed by atoms with Gasteiger partial charge in [-0.2, -0.15) is 5.10 Å². The molecule has 3 nitrogen and oxygen atoms in total. The Hall–Kier alpha value is -1.06. The number of fused-ring (bicyclic) bond motifs is 1. The number of rotatable bonds is 3. The molecule has 15 heavy (non-hydrogen) atoms. The average molecular weight is 224 g/mol. The predicted octanol–water partition coefficient (Wildman–Crippen LogP) is 2.60. The van der Waals surface area contributed by atoms with Crippen molar-refractivity contribution in [2.24, 2.45) is 5.73 Å². The van der Waals surface area contributed by atoms with Crippen LogP contribution < -0.4 is 5.73 Å². The fourth-order valence-electron chi connectivity index (χ4n) is 1.74. The van der Waals surface area contributed by atoms with Crippen molar-refractivity contribution in [1.29, 1.82) is 0 Å². The molecule has 0 aliphatic heterocycles. The molecule has 0 amide bonds. The molecule has 0 radical (unpaired) electrons. The van der Waals surface area contributed by atoms with Gasteiger partial charge >= 0.3 is 0 Å². The third kappa shape index (κ3) is 1.85. The largest absolute Gasteiger partial charge is 0.328 e. The van der Waals surface area contributed by atoms with Crippen LogP contribution in [-0.2, 0) is 0 Å². The van der Waals surface area contributed by atoms with Gasteiger partial charge in [0.2, 0.25) is 0 Å². The van der Waals surface area contributed by atoms with E-state index in [0.717, 1.165) is 22.3 Å². The monoisotopic (exact) mass is 223 g/mol. The second-order valence-electron chi connectivity index (χ2n) is 3.59. The van der Waals surface area contributed by atoms with Crippen LogP contribution in [0.1, 0.15) is 19.4 Å². The molecule has 2 aromatic rings. The molecule has 0 bridgehead atoms. The molecule has 0 fully saturated rings. The number of hydrogen-bond acceptors (Lipinski definition) is 2. The second kappa shape index (κ2) is 4.21. The van der Waals surface area contributed by atoms with Crippen molar-refractivity contribution in [3.05, 3.63) is 29.4 Å². The van der Waals surface area contributed by atoms with Crippen LogP contribution in [0, 0.1) is 0 Å². The molecule has 2 rings (SSSR count). The Bertz CT molecular complexity index is 460. The second-order valence-corrected chi connectivity index (χ2v) is 4.03. The molecule has 80 valence electrons. The van der Waals surface area contributed by atoms with Crippen molar-refractivity contribution in [3.63, 3.8) is 0 Å². The van der Waals surface area contributed by atoms with Crippen molar-refractivity contribution >= 4 is 22.5 Å². The van der Waals surface area contributed by atoms with Gasteiger partial charge in [0.05, 0.1) is 17.8 Å². The lowest BCUT2D eigenvalue weighted by atomic mass is 10.2. The van der Waals surface area contributed by atoms with Gasteiger partial charge in [-0.05, 0) is 24.6 Å². The van der Waals surface area contributed by atoms with E-state index < -0.39 is 0 Å². The molecule has 0 saturated heterocycles. The highest BCUT2D eigenvalue weighted by Crippen LogP contribution is 2.22. The summed E-state index contributed by atoms with van der Waals surface area (Å²) in [5.74, 6) is 0. The lowest BCUT2D eigenvalue weighted by molar-refractivity contribution is 0.463. The number of nitrogens with two attached hydrogens (primary N) is 1. The minimum Gasteiger partial charge on any atom is -0.328 e. The fourth-order valence-corrected chi connectivity index (χ4v) is 1.91. The standard InChI is InChI=1S/C11H14ClN3/c1-2-10(6-13)15-11-5-9(12)4-3-8(11)7-14-15/h3-5,7,10H,2,6,13H2,1H3. The van der Waals surface area contributed by atoms with Crippen molar-refractivity contribution < 1.29 is 0 Å². The summed E-state index contributed by atoms with van der Waals surface area (Å²) in [6.07, 6.45) is 2.82. The van der Waals surface area contributed by atoms with E-state index in [2.05, 4.69) is 12.0 Å². The van der Waals surface area contributed by atoms with Gasteiger partial charge in [0.15, 0.2) is 0 Å². The van der Waals surface area contributed by atoms with E-state index in [1.54, 1.807) is 0 Å². The van der Waals surface area contributed by atoms with Crippen LogP contribution in [0.2, 0.25) is 5.02 Å². The van der Waals surface area contributed by atoms with Crippen LogP contribution >= 0.6 is 11.6 Å². The first-order valence-corrected chi connectivity index (χ1v) is 5.47. The Balaban J connectivity index is 2.55. The number of benzene rings is 1. The minimum atomic E-state index is 0.251. The van der Waals surface area contributed by atoms with E-state index in [9.17, 15) is 0 Å². The zero-order valence-electron chi connectivity index (χ0n) is 8.65. The van der Waals surface area contributed by atoms with Gasteiger partial charge < -0.3 is 5.73 Å². The van der Waals surface area contributed by atoms with E-state index in [0.29, 0.717) is 6.54 Å². The third-order valence-corrected chi connectivity index (χ3v) is 2.88. The molecule has 1 aromatic heterocycles. The van der Waals surface area contributed by atoms with Gasteiger partial charge in [-0.3, -0.25) is 4.68 Å². The lowest BCUT2D eigenvalue weighted by Gasteiger charge is -2.14. The summed E-state index contributed by atoms with van der Waals surface area (Å²) in [4.78, 5) is 0. The first kappa shape index (κ1) is 10.5. The Morgan fingerprint density at radius 2 is 2.33 bits per heavy atom. The molecule has 2 N–H and O–H groups in total. The summed E-state index contributed by atoms with van der Waals surface area (Å²) in [6.45, 7) is 2.70. The van der Waals surface area contributed by atoms with E-state index in [1.807, 2.05) is 29.1 Å². The van der Waals surface area contributed by atoms with Crippen molar-refractivity contribution in [1.82, 2.24) is 9.78 Å². The maximum absolute atomic E-state index is 5.97. The number of halogens is 1. The summed E-state index contributed by atoms with van der Waals surface area (Å²) in [5, 5.41) is 6.19. The molecule has 0 saturated carbocycles. The molecular weight excluding hydrogens is 210 g/mol. The number of aromatic nitrogens is 2. The van der Waals surface area contributed by atoms with Crippen molar-refractivity contribution in [2.45, 2.75) is 19.4 Å². The smallest absolute Gasteiger partial charge is 0.0701 e.